The Labute approximate surface area is 182 Å². The number of piperidine rings is 1. The third kappa shape index (κ3) is 3.63. The van der Waals surface area contributed by atoms with E-state index >= 15 is 0 Å². The van der Waals surface area contributed by atoms with E-state index in [9.17, 15) is 27.6 Å². The van der Waals surface area contributed by atoms with E-state index in [0.717, 1.165) is 25.0 Å². The third-order valence-electron chi connectivity index (χ3n) is 6.21. The summed E-state index contributed by atoms with van der Waals surface area (Å²) >= 11 is 6.40. The fraction of sp³-hybridized carbons (Fsp3) is 0.611. The van der Waals surface area contributed by atoms with E-state index in [-0.39, 0.29) is 29.4 Å². The number of fused-ring (bicyclic) bond motifs is 1. The Bertz CT molecular complexity index is 1160. The molecule has 0 aromatic carbocycles. The second-order valence-electron chi connectivity index (χ2n) is 7.93. The summed E-state index contributed by atoms with van der Waals surface area (Å²) in [5.74, 6) is -3.37. The number of aliphatic hydroxyl groups excluding tert-OH is 1. The number of sulfonamides is 1. The van der Waals surface area contributed by atoms with Crippen molar-refractivity contribution < 1.29 is 22.3 Å². The number of aliphatic hydroxyl groups is 1. The van der Waals surface area contributed by atoms with E-state index in [1.807, 2.05) is 6.92 Å². The van der Waals surface area contributed by atoms with Gasteiger partial charge < -0.3 is 10.4 Å². The van der Waals surface area contributed by atoms with Gasteiger partial charge in [-0.25, -0.2) is 17.9 Å². The van der Waals surface area contributed by atoms with Gasteiger partial charge in [0.2, 0.25) is 5.95 Å². The molecule has 9 nitrogen and oxygen atoms in total. The zero-order valence-corrected chi connectivity index (χ0v) is 18.2. The molecule has 4 rings (SSSR count). The number of halogens is 3. The van der Waals surface area contributed by atoms with Crippen molar-refractivity contribution in [1.29, 1.82) is 5.26 Å². The van der Waals surface area contributed by atoms with Crippen molar-refractivity contribution >= 4 is 33.1 Å². The summed E-state index contributed by atoms with van der Waals surface area (Å²) in [6.45, 7) is 1.42. The van der Waals surface area contributed by atoms with E-state index in [2.05, 4.69) is 21.5 Å². The van der Waals surface area contributed by atoms with Crippen LogP contribution in [0.4, 0.5) is 14.7 Å². The minimum absolute atomic E-state index is 0.0934. The van der Waals surface area contributed by atoms with E-state index in [1.165, 1.54) is 6.20 Å². The Hall–Kier alpha value is -2.07. The number of nitrogens with one attached hydrogen (secondary N) is 1. The molecular weight excluding hydrogens is 454 g/mol. The molecule has 2 atom stereocenters. The van der Waals surface area contributed by atoms with Crippen molar-refractivity contribution in [2.45, 2.75) is 55.9 Å². The van der Waals surface area contributed by atoms with Gasteiger partial charge in [0.05, 0.1) is 34.6 Å². The van der Waals surface area contributed by atoms with Gasteiger partial charge in [-0.1, -0.05) is 18.5 Å². The summed E-state index contributed by atoms with van der Waals surface area (Å²) in [7, 11) is -4.75. The summed E-state index contributed by atoms with van der Waals surface area (Å²) < 4.78 is 51.0. The van der Waals surface area contributed by atoms with Crippen LogP contribution in [-0.4, -0.2) is 63.4 Å². The molecule has 168 valence electrons. The molecular formula is C18H21ClF2N6O3S. The fourth-order valence-corrected chi connectivity index (χ4v) is 5.36. The highest BCUT2D eigenvalue weighted by atomic mass is 35.5. The Morgan fingerprint density at radius 2 is 2.19 bits per heavy atom. The van der Waals surface area contributed by atoms with Crippen LogP contribution in [0.5, 0.6) is 0 Å². The van der Waals surface area contributed by atoms with Gasteiger partial charge in [0.15, 0.2) is 0 Å². The Balaban J connectivity index is 1.61. The zero-order valence-electron chi connectivity index (χ0n) is 16.6. The number of anilines is 1. The molecule has 13 heteroatoms. The van der Waals surface area contributed by atoms with Gasteiger partial charge in [0.25, 0.3) is 10.0 Å². The van der Waals surface area contributed by atoms with Gasteiger partial charge in [0, 0.05) is 18.5 Å². The molecule has 2 aliphatic rings. The number of alkyl halides is 2. The SMILES string of the molecule is CCC1(c2c(C#N)c(Cl)c3cnc(N[C@@H]4CCN(S(=O)(=O)C(F)F)C[C@H]4O)nn23)CC1. The lowest BCUT2D eigenvalue weighted by Crippen LogP contribution is -2.52. The summed E-state index contributed by atoms with van der Waals surface area (Å²) in [5.41, 5.74) is 1.44. The largest absolute Gasteiger partial charge is 0.390 e. The standard InChI is InChI=1S/C18H21ClF2N6O3S/c1-2-18(4-5-18)15-10(7-22)14(19)12-8-23-17(25-27(12)15)24-11-3-6-26(9-13(11)28)31(29,30)16(20)21/h8,11,13,16,28H,2-6,9H2,1H3,(H,24,25)/t11-,13-/m1/s1. The monoisotopic (exact) mass is 474 g/mol. The van der Waals surface area contributed by atoms with Crippen molar-refractivity contribution in [3.05, 3.63) is 22.5 Å². The highest BCUT2D eigenvalue weighted by Crippen LogP contribution is 2.53. The van der Waals surface area contributed by atoms with E-state index in [1.54, 1.807) is 4.52 Å². The highest BCUT2D eigenvalue weighted by Gasteiger charge is 2.47. The van der Waals surface area contributed by atoms with Crippen LogP contribution in [0, 0.1) is 11.3 Å². The minimum Gasteiger partial charge on any atom is -0.390 e. The molecule has 1 aliphatic heterocycles. The van der Waals surface area contributed by atoms with E-state index in [4.69, 9.17) is 11.6 Å². The number of nitrogens with zero attached hydrogens (tertiary/aromatic N) is 5. The van der Waals surface area contributed by atoms with Gasteiger partial charge in [-0.2, -0.15) is 18.3 Å². The predicted octanol–water partition coefficient (Wildman–Crippen LogP) is 2.10. The number of hydrogen-bond acceptors (Lipinski definition) is 7. The highest BCUT2D eigenvalue weighted by molar-refractivity contribution is 7.89. The van der Waals surface area contributed by atoms with Crippen LogP contribution >= 0.6 is 11.6 Å². The first kappa shape index (κ1) is 22.1. The van der Waals surface area contributed by atoms with Crippen LogP contribution in [0.1, 0.15) is 43.9 Å². The van der Waals surface area contributed by atoms with E-state index in [0.29, 0.717) is 15.4 Å². The quantitative estimate of drug-likeness (QED) is 0.657. The first-order valence-electron chi connectivity index (χ1n) is 9.84. The first-order chi connectivity index (χ1) is 14.6. The second kappa shape index (κ2) is 7.81. The molecule has 1 saturated heterocycles. The molecule has 2 aromatic rings. The first-order valence-corrected chi connectivity index (χ1v) is 11.7. The van der Waals surface area contributed by atoms with Crippen molar-refractivity contribution in [1.82, 2.24) is 18.9 Å². The Morgan fingerprint density at radius 1 is 1.48 bits per heavy atom. The maximum absolute atomic E-state index is 12.8. The predicted molar refractivity (Wildman–Crippen MR) is 108 cm³/mol. The maximum atomic E-state index is 12.8. The average molecular weight is 475 g/mol. The summed E-state index contributed by atoms with van der Waals surface area (Å²) in [6, 6.07) is 1.53. The molecule has 2 aromatic heterocycles. The lowest BCUT2D eigenvalue weighted by molar-refractivity contribution is 0.0904. The number of nitriles is 1. The Morgan fingerprint density at radius 3 is 2.74 bits per heavy atom. The normalized spacial score (nSPS) is 23.8. The van der Waals surface area contributed by atoms with Gasteiger partial charge >= 0.3 is 5.76 Å². The molecule has 2 fully saturated rings. The van der Waals surface area contributed by atoms with Crippen molar-refractivity contribution in [3.8, 4) is 6.07 Å². The maximum Gasteiger partial charge on any atom is 0.350 e. The summed E-state index contributed by atoms with van der Waals surface area (Å²) in [5, 5.41) is 27.7. The molecule has 0 unspecified atom stereocenters. The lowest BCUT2D eigenvalue weighted by Gasteiger charge is -2.35. The van der Waals surface area contributed by atoms with Gasteiger partial charge in [-0.05, 0) is 25.7 Å². The summed E-state index contributed by atoms with van der Waals surface area (Å²) in [4.78, 5) is 4.21. The lowest BCUT2D eigenvalue weighted by atomic mass is 9.96. The molecule has 0 bridgehead atoms. The molecule has 0 spiro atoms. The topological polar surface area (TPSA) is 124 Å². The van der Waals surface area contributed by atoms with Crippen molar-refractivity contribution in [2.24, 2.45) is 0 Å². The van der Waals surface area contributed by atoms with E-state index < -0.39 is 34.5 Å². The van der Waals surface area contributed by atoms with Crippen LogP contribution in [0.3, 0.4) is 0 Å². The minimum atomic E-state index is -4.75. The van der Waals surface area contributed by atoms with Gasteiger partial charge in [0.1, 0.15) is 11.6 Å². The molecule has 31 heavy (non-hydrogen) atoms. The third-order valence-corrected chi connectivity index (χ3v) is 8.10. The number of hydrogen-bond donors (Lipinski definition) is 2. The fourth-order valence-electron chi connectivity index (χ4n) is 4.16. The zero-order chi connectivity index (χ0) is 22.6. The van der Waals surface area contributed by atoms with Gasteiger partial charge in [-0.15, -0.1) is 5.10 Å². The average Bonchev–Trinajstić information content (AvgIpc) is 3.48. The molecule has 1 aliphatic carbocycles. The number of aromatic nitrogens is 3. The van der Waals surface area contributed by atoms with Crippen LogP contribution in [0.2, 0.25) is 5.02 Å². The van der Waals surface area contributed by atoms with Gasteiger partial charge in [-0.3, -0.25) is 0 Å². The van der Waals surface area contributed by atoms with Crippen LogP contribution in [-0.2, 0) is 15.4 Å². The van der Waals surface area contributed by atoms with Crippen LogP contribution < -0.4 is 5.32 Å². The smallest absolute Gasteiger partial charge is 0.350 e. The molecule has 0 radical (unpaired) electrons. The van der Waals surface area contributed by atoms with Crippen molar-refractivity contribution in [2.75, 3.05) is 18.4 Å². The Kier molecular flexibility index (Phi) is 5.58. The molecule has 1 saturated carbocycles. The van der Waals surface area contributed by atoms with Crippen LogP contribution in [0.25, 0.3) is 5.52 Å². The number of β-amino-alcohol motifs (C(OH)–C–C–N with tert-alkyl or cyclic N) is 1. The van der Waals surface area contributed by atoms with Crippen molar-refractivity contribution in [3.63, 3.8) is 0 Å². The second-order valence-corrected chi connectivity index (χ2v) is 10.2. The number of rotatable bonds is 6. The summed E-state index contributed by atoms with van der Waals surface area (Å²) in [6.07, 6.45) is 3.01. The molecule has 2 N–H and O–H groups in total. The molecule has 0 amide bonds. The molecule has 3 heterocycles. The van der Waals surface area contributed by atoms with Crippen LogP contribution in [0.15, 0.2) is 6.20 Å².